The topological polar surface area (TPSA) is 77.8 Å². The summed E-state index contributed by atoms with van der Waals surface area (Å²) in [6.45, 7) is 1.93. The molecule has 1 fully saturated rings. The first-order chi connectivity index (χ1) is 8.43. The second-order valence-electron chi connectivity index (χ2n) is 4.31. The molecule has 17 heavy (non-hydrogen) atoms. The first-order valence-corrected chi connectivity index (χ1v) is 5.86. The monoisotopic (exact) mass is 233 g/mol. The lowest BCUT2D eigenvalue weighted by Crippen LogP contribution is -2.45. The van der Waals surface area contributed by atoms with Crippen molar-refractivity contribution in [1.82, 2.24) is 20.9 Å². The Balaban J connectivity index is 1.69. The summed E-state index contributed by atoms with van der Waals surface area (Å²) in [7, 11) is 0. The molecule has 2 unspecified atom stereocenters. The quantitative estimate of drug-likeness (QED) is 0.777. The predicted molar refractivity (Wildman–Crippen MR) is 61.9 cm³/mol. The van der Waals surface area contributed by atoms with E-state index in [1.54, 1.807) is 12.4 Å². The van der Waals surface area contributed by atoms with Crippen LogP contribution in [0.5, 0.6) is 0 Å². The number of hydrogen-bond acceptors (Lipinski definition) is 7. The lowest BCUT2D eigenvalue weighted by atomic mass is 9.96. The smallest absolute Gasteiger partial charge is 0.225 e. The van der Waals surface area contributed by atoms with Gasteiger partial charge in [0.2, 0.25) is 5.95 Å². The van der Waals surface area contributed by atoms with Crippen molar-refractivity contribution < 1.29 is 0 Å². The maximum absolute atomic E-state index is 4.29. The molecule has 0 saturated carbocycles. The number of nitrogens with one attached hydrogen (secondary N) is 2. The highest BCUT2D eigenvalue weighted by molar-refractivity contribution is 5.29. The maximum Gasteiger partial charge on any atom is 0.225 e. The van der Waals surface area contributed by atoms with Crippen LogP contribution in [0.3, 0.4) is 0 Å². The Kier molecular flexibility index (Phi) is 2.83. The summed E-state index contributed by atoms with van der Waals surface area (Å²) in [5, 5.41) is 7.87. The Labute approximate surface area is 99.3 Å². The molecule has 1 aromatic heterocycles. The van der Waals surface area contributed by atoms with E-state index in [1.807, 2.05) is 6.07 Å². The van der Waals surface area contributed by atoms with Crippen LogP contribution in [0.1, 0.15) is 12.8 Å². The van der Waals surface area contributed by atoms with Gasteiger partial charge in [-0.15, -0.1) is 5.11 Å². The van der Waals surface area contributed by atoms with Crippen LogP contribution in [0.4, 0.5) is 5.95 Å². The Bertz CT molecular complexity index is 393. The van der Waals surface area contributed by atoms with Crippen molar-refractivity contribution in [2.75, 3.05) is 18.0 Å². The third-order valence-corrected chi connectivity index (χ3v) is 3.18. The number of hydrogen-bond donors (Lipinski definition) is 2. The van der Waals surface area contributed by atoms with Gasteiger partial charge in [-0.05, 0) is 18.9 Å². The Morgan fingerprint density at radius 2 is 2.18 bits per heavy atom. The fourth-order valence-electron chi connectivity index (χ4n) is 2.33. The van der Waals surface area contributed by atoms with Gasteiger partial charge >= 0.3 is 0 Å². The maximum atomic E-state index is 4.29. The second kappa shape index (κ2) is 4.62. The minimum Gasteiger partial charge on any atom is -0.340 e. The molecule has 3 heterocycles. The van der Waals surface area contributed by atoms with Crippen molar-refractivity contribution in [1.29, 1.82) is 0 Å². The zero-order valence-corrected chi connectivity index (χ0v) is 9.45. The van der Waals surface area contributed by atoms with Crippen LogP contribution >= 0.6 is 0 Å². The van der Waals surface area contributed by atoms with Crippen molar-refractivity contribution in [2.24, 2.45) is 16.3 Å². The summed E-state index contributed by atoms with van der Waals surface area (Å²) in [6.07, 6.45) is 5.92. The van der Waals surface area contributed by atoms with Crippen LogP contribution in [0, 0.1) is 5.92 Å². The largest absolute Gasteiger partial charge is 0.340 e. The Morgan fingerprint density at radius 1 is 1.29 bits per heavy atom. The molecule has 1 saturated heterocycles. The molecule has 0 aliphatic carbocycles. The first kappa shape index (κ1) is 10.4. The van der Waals surface area contributed by atoms with Gasteiger partial charge in [-0.25, -0.2) is 15.5 Å². The van der Waals surface area contributed by atoms with Crippen LogP contribution in [0.25, 0.3) is 0 Å². The van der Waals surface area contributed by atoms with Gasteiger partial charge in [-0.2, -0.15) is 5.43 Å². The molecule has 2 aliphatic rings. The van der Waals surface area contributed by atoms with Crippen LogP contribution < -0.4 is 15.9 Å². The number of anilines is 1. The predicted octanol–water partition coefficient (Wildman–Crippen LogP) is 0.494. The van der Waals surface area contributed by atoms with Crippen molar-refractivity contribution >= 4 is 5.95 Å². The molecular formula is C10H15N7. The van der Waals surface area contributed by atoms with Crippen molar-refractivity contribution in [3.05, 3.63) is 18.5 Å². The van der Waals surface area contributed by atoms with Gasteiger partial charge in [-0.1, -0.05) is 5.22 Å². The van der Waals surface area contributed by atoms with Gasteiger partial charge in [0.1, 0.15) is 6.17 Å². The van der Waals surface area contributed by atoms with E-state index in [-0.39, 0.29) is 6.17 Å². The fraction of sp³-hybridized carbons (Fsp3) is 0.600. The van der Waals surface area contributed by atoms with Crippen molar-refractivity contribution in [2.45, 2.75) is 19.0 Å². The molecule has 0 radical (unpaired) electrons. The average Bonchev–Trinajstić information content (AvgIpc) is 2.94. The summed E-state index contributed by atoms with van der Waals surface area (Å²) >= 11 is 0. The molecule has 2 aliphatic heterocycles. The summed E-state index contributed by atoms with van der Waals surface area (Å²) in [4.78, 5) is 10.8. The lowest BCUT2D eigenvalue weighted by molar-refractivity contribution is 0.315. The summed E-state index contributed by atoms with van der Waals surface area (Å²) in [5.74, 6) is 1.26. The lowest BCUT2D eigenvalue weighted by Gasteiger charge is -2.33. The third kappa shape index (κ3) is 2.19. The molecule has 7 nitrogen and oxygen atoms in total. The number of nitrogens with zero attached hydrogens (tertiary/aromatic N) is 5. The molecule has 2 N–H and O–H groups in total. The summed E-state index contributed by atoms with van der Waals surface area (Å²) < 4.78 is 0. The SMILES string of the molecule is c1cnc(N2CCCC(C3N=NNN3)C2)nc1. The minimum absolute atomic E-state index is 0.0708. The molecule has 0 amide bonds. The highest BCUT2D eigenvalue weighted by Crippen LogP contribution is 2.23. The van der Waals surface area contributed by atoms with E-state index in [4.69, 9.17) is 0 Å². The normalized spacial score (nSPS) is 28.1. The standard InChI is InChI=1S/C10H15N7/c1-3-8(9-13-15-16-14-9)7-17(6-1)10-11-4-2-5-12-10/h2,4-5,8-9H,1,3,6-7H2,(H,13,16)(H,14,15). The van der Waals surface area contributed by atoms with E-state index in [1.165, 1.54) is 0 Å². The van der Waals surface area contributed by atoms with Gasteiger partial charge in [0, 0.05) is 31.4 Å². The van der Waals surface area contributed by atoms with Gasteiger partial charge in [0.25, 0.3) is 0 Å². The third-order valence-electron chi connectivity index (χ3n) is 3.18. The van der Waals surface area contributed by atoms with E-state index in [0.717, 1.165) is 31.9 Å². The zero-order valence-electron chi connectivity index (χ0n) is 9.45. The molecule has 0 aromatic carbocycles. The van der Waals surface area contributed by atoms with E-state index in [0.29, 0.717) is 5.92 Å². The van der Waals surface area contributed by atoms with Gasteiger partial charge in [0.15, 0.2) is 0 Å². The minimum atomic E-state index is 0.0708. The Hall–Kier alpha value is -1.76. The Morgan fingerprint density at radius 3 is 2.94 bits per heavy atom. The van der Waals surface area contributed by atoms with Gasteiger partial charge in [0.05, 0.1) is 0 Å². The van der Waals surface area contributed by atoms with Crippen molar-refractivity contribution in [3.63, 3.8) is 0 Å². The molecule has 2 atom stereocenters. The molecule has 0 bridgehead atoms. The molecule has 1 aromatic rings. The molecule has 90 valence electrons. The second-order valence-corrected chi connectivity index (χ2v) is 4.31. The number of piperidine rings is 1. The van der Waals surface area contributed by atoms with E-state index in [9.17, 15) is 0 Å². The number of hydrazine groups is 1. The van der Waals surface area contributed by atoms with Crippen LogP contribution in [-0.4, -0.2) is 29.2 Å². The number of aromatic nitrogens is 2. The molecule has 7 heteroatoms. The molecule has 0 spiro atoms. The first-order valence-electron chi connectivity index (χ1n) is 5.86. The molecule has 3 rings (SSSR count). The van der Waals surface area contributed by atoms with E-state index in [2.05, 4.69) is 36.2 Å². The van der Waals surface area contributed by atoms with Crippen molar-refractivity contribution in [3.8, 4) is 0 Å². The van der Waals surface area contributed by atoms with Crippen LogP contribution in [0.15, 0.2) is 28.8 Å². The zero-order chi connectivity index (χ0) is 11.5. The van der Waals surface area contributed by atoms with E-state index < -0.39 is 0 Å². The highest BCUT2D eigenvalue weighted by Gasteiger charge is 2.29. The van der Waals surface area contributed by atoms with Crippen LogP contribution in [-0.2, 0) is 0 Å². The fourth-order valence-corrected chi connectivity index (χ4v) is 2.33. The summed E-state index contributed by atoms with van der Waals surface area (Å²) in [5.41, 5.74) is 5.73. The number of rotatable bonds is 2. The summed E-state index contributed by atoms with van der Waals surface area (Å²) in [6, 6.07) is 1.83. The average molecular weight is 233 g/mol. The van der Waals surface area contributed by atoms with Gasteiger partial charge in [-0.3, -0.25) is 0 Å². The van der Waals surface area contributed by atoms with Gasteiger partial charge < -0.3 is 4.90 Å². The highest BCUT2D eigenvalue weighted by atomic mass is 15.7. The van der Waals surface area contributed by atoms with Crippen LogP contribution in [0.2, 0.25) is 0 Å². The van der Waals surface area contributed by atoms with E-state index >= 15 is 0 Å². The molecular weight excluding hydrogens is 218 g/mol.